The molecule has 0 amide bonds. The molecule has 2 heterocycles. The van der Waals surface area contributed by atoms with Crippen molar-refractivity contribution in [3.63, 3.8) is 0 Å². The predicted octanol–water partition coefficient (Wildman–Crippen LogP) is 3.18. The number of benzene rings is 1. The van der Waals surface area contributed by atoms with Crippen LogP contribution in [0.15, 0.2) is 24.3 Å². The lowest BCUT2D eigenvalue weighted by Gasteiger charge is -2.34. The van der Waals surface area contributed by atoms with Crippen LogP contribution in [0.4, 0.5) is 5.69 Å². The average molecular weight is 231 g/mol. The lowest BCUT2D eigenvalue weighted by molar-refractivity contribution is 0.0305. The van der Waals surface area contributed by atoms with Crippen molar-refractivity contribution in [3.8, 4) is 0 Å². The Morgan fingerprint density at radius 3 is 2.18 bits per heavy atom. The standard InChI is InChI=1S/C15H21NO/c1-11(2)12-3-5-13(6-4-12)16-9-14-7-8-15(10-16)17-14/h3-6,11,14-15H,7-10H2,1-2H3. The highest BCUT2D eigenvalue weighted by Gasteiger charge is 2.33. The molecule has 2 bridgehead atoms. The average Bonchev–Trinajstić information content (AvgIpc) is 2.68. The van der Waals surface area contributed by atoms with Crippen LogP contribution >= 0.6 is 0 Å². The summed E-state index contributed by atoms with van der Waals surface area (Å²) in [4.78, 5) is 2.48. The minimum Gasteiger partial charge on any atom is -0.371 e. The van der Waals surface area contributed by atoms with E-state index in [9.17, 15) is 0 Å². The second kappa shape index (κ2) is 4.34. The van der Waals surface area contributed by atoms with Crippen LogP contribution in [0.1, 0.15) is 38.2 Å². The first-order valence-corrected chi connectivity index (χ1v) is 6.73. The molecular weight excluding hydrogens is 210 g/mol. The molecule has 2 aliphatic rings. The Balaban J connectivity index is 1.75. The molecular formula is C15H21NO. The van der Waals surface area contributed by atoms with Crippen molar-refractivity contribution in [1.82, 2.24) is 0 Å². The van der Waals surface area contributed by atoms with E-state index in [0.717, 1.165) is 13.1 Å². The van der Waals surface area contributed by atoms with Crippen LogP contribution in [0.3, 0.4) is 0 Å². The first-order valence-electron chi connectivity index (χ1n) is 6.73. The second-order valence-electron chi connectivity index (χ2n) is 5.61. The first kappa shape index (κ1) is 11.1. The first-order chi connectivity index (χ1) is 8.22. The van der Waals surface area contributed by atoms with E-state index in [1.54, 1.807) is 0 Å². The van der Waals surface area contributed by atoms with Crippen molar-refractivity contribution >= 4 is 5.69 Å². The van der Waals surface area contributed by atoms with Gasteiger partial charge in [0.2, 0.25) is 0 Å². The topological polar surface area (TPSA) is 12.5 Å². The van der Waals surface area contributed by atoms with Crippen molar-refractivity contribution in [2.24, 2.45) is 0 Å². The van der Waals surface area contributed by atoms with Crippen molar-refractivity contribution in [2.75, 3.05) is 18.0 Å². The molecule has 0 aliphatic carbocycles. The molecule has 2 saturated heterocycles. The number of anilines is 1. The molecule has 0 aromatic heterocycles. The molecule has 0 radical (unpaired) electrons. The molecule has 2 fully saturated rings. The van der Waals surface area contributed by atoms with Crippen LogP contribution in [0.25, 0.3) is 0 Å². The van der Waals surface area contributed by atoms with E-state index in [4.69, 9.17) is 4.74 Å². The highest BCUT2D eigenvalue weighted by atomic mass is 16.5. The lowest BCUT2D eigenvalue weighted by Crippen LogP contribution is -2.42. The van der Waals surface area contributed by atoms with Gasteiger partial charge in [0.15, 0.2) is 0 Å². The highest BCUT2D eigenvalue weighted by Crippen LogP contribution is 2.30. The predicted molar refractivity (Wildman–Crippen MR) is 70.6 cm³/mol. The summed E-state index contributed by atoms with van der Waals surface area (Å²) in [5, 5.41) is 0. The molecule has 92 valence electrons. The van der Waals surface area contributed by atoms with Gasteiger partial charge in [0.05, 0.1) is 12.2 Å². The minimum absolute atomic E-state index is 0.471. The van der Waals surface area contributed by atoms with Gasteiger partial charge in [-0.2, -0.15) is 0 Å². The Morgan fingerprint density at radius 2 is 1.65 bits per heavy atom. The Hall–Kier alpha value is -1.02. The molecule has 2 nitrogen and oxygen atoms in total. The third-order valence-electron chi connectivity index (χ3n) is 3.97. The van der Waals surface area contributed by atoms with Gasteiger partial charge < -0.3 is 9.64 Å². The lowest BCUT2D eigenvalue weighted by atomic mass is 10.0. The zero-order valence-electron chi connectivity index (χ0n) is 10.7. The normalized spacial score (nSPS) is 27.8. The van der Waals surface area contributed by atoms with Gasteiger partial charge in [0.1, 0.15) is 0 Å². The Labute approximate surface area is 104 Å². The zero-order chi connectivity index (χ0) is 11.8. The molecule has 17 heavy (non-hydrogen) atoms. The van der Waals surface area contributed by atoms with Gasteiger partial charge in [0.25, 0.3) is 0 Å². The molecule has 0 spiro atoms. The molecule has 2 unspecified atom stereocenters. The number of morpholine rings is 1. The van der Waals surface area contributed by atoms with Crippen molar-refractivity contribution in [1.29, 1.82) is 0 Å². The molecule has 2 aliphatic heterocycles. The van der Waals surface area contributed by atoms with Gasteiger partial charge in [-0.25, -0.2) is 0 Å². The fourth-order valence-corrected chi connectivity index (χ4v) is 2.90. The maximum atomic E-state index is 5.87. The maximum absolute atomic E-state index is 5.87. The molecule has 0 N–H and O–H groups in total. The van der Waals surface area contributed by atoms with Crippen LogP contribution < -0.4 is 4.90 Å². The van der Waals surface area contributed by atoms with E-state index in [1.807, 2.05) is 0 Å². The van der Waals surface area contributed by atoms with Crippen molar-refractivity contribution in [2.45, 2.75) is 44.8 Å². The second-order valence-corrected chi connectivity index (χ2v) is 5.61. The molecule has 1 aromatic carbocycles. The molecule has 0 saturated carbocycles. The summed E-state index contributed by atoms with van der Waals surface area (Å²) in [7, 11) is 0. The van der Waals surface area contributed by atoms with Gasteiger partial charge in [-0.05, 0) is 36.5 Å². The number of fused-ring (bicyclic) bond motifs is 2. The van der Waals surface area contributed by atoms with Crippen LogP contribution in [0.2, 0.25) is 0 Å². The largest absolute Gasteiger partial charge is 0.371 e. The van der Waals surface area contributed by atoms with E-state index in [2.05, 4.69) is 43.0 Å². The quantitative estimate of drug-likeness (QED) is 0.775. The summed E-state index contributed by atoms with van der Waals surface area (Å²) < 4.78 is 5.87. The van der Waals surface area contributed by atoms with Crippen molar-refractivity contribution < 1.29 is 4.74 Å². The van der Waals surface area contributed by atoms with Crippen LogP contribution in [-0.4, -0.2) is 25.3 Å². The van der Waals surface area contributed by atoms with Gasteiger partial charge in [-0.15, -0.1) is 0 Å². The van der Waals surface area contributed by atoms with E-state index in [0.29, 0.717) is 18.1 Å². The van der Waals surface area contributed by atoms with E-state index >= 15 is 0 Å². The number of nitrogens with zero attached hydrogens (tertiary/aromatic N) is 1. The number of hydrogen-bond acceptors (Lipinski definition) is 2. The fourth-order valence-electron chi connectivity index (χ4n) is 2.90. The van der Waals surface area contributed by atoms with E-state index in [-0.39, 0.29) is 0 Å². The summed E-state index contributed by atoms with van der Waals surface area (Å²) in [6.45, 7) is 6.61. The fraction of sp³-hybridized carbons (Fsp3) is 0.600. The zero-order valence-corrected chi connectivity index (χ0v) is 10.7. The SMILES string of the molecule is CC(C)c1ccc(N2CC3CCC(C2)O3)cc1. The maximum Gasteiger partial charge on any atom is 0.0755 e. The van der Waals surface area contributed by atoms with Gasteiger partial charge >= 0.3 is 0 Å². The third-order valence-corrected chi connectivity index (χ3v) is 3.97. The number of ether oxygens (including phenoxy) is 1. The van der Waals surface area contributed by atoms with Crippen molar-refractivity contribution in [3.05, 3.63) is 29.8 Å². The van der Waals surface area contributed by atoms with Gasteiger partial charge in [0, 0.05) is 18.8 Å². The van der Waals surface area contributed by atoms with Gasteiger partial charge in [-0.3, -0.25) is 0 Å². The van der Waals surface area contributed by atoms with E-state index in [1.165, 1.54) is 24.1 Å². The van der Waals surface area contributed by atoms with Crippen LogP contribution in [0, 0.1) is 0 Å². The minimum atomic E-state index is 0.471. The highest BCUT2D eigenvalue weighted by molar-refractivity contribution is 5.49. The van der Waals surface area contributed by atoms with Crippen LogP contribution in [0.5, 0.6) is 0 Å². The smallest absolute Gasteiger partial charge is 0.0755 e. The van der Waals surface area contributed by atoms with Crippen LogP contribution in [-0.2, 0) is 4.74 Å². The molecule has 1 aromatic rings. The summed E-state index contributed by atoms with van der Waals surface area (Å²) in [6, 6.07) is 9.05. The summed E-state index contributed by atoms with van der Waals surface area (Å²) in [6.07, 6.45) is 3.42. The number of rotatable bonds is 2. The Kier molecular flexibility index (Phi) is 2.83. The Bertz CT molecular complexity index is 372. The molecule has 2 heteroatoms. The monoisotopic (exact) mass is 231 g/mol. The number of hydrogen-bond donors (Lipinski definition) is 0. The summed E-state index contributed by atoms with van der Waals surface area (Å²) >= 11 is 0. The summed E-state index contributed by atoms with van der Waals surface area (Å²) in [5.41, 5.74) is 2.78. The molecule has 3 rings (SSSR count). The Morgan fingerprint density at radius 1 is 1.06 bits per heavy atom. The third kappa shape index (κ3) is 2.19. The van der Waals surface area contributed by atoms with E-state index < -0.39 is 0 Å². The molecule has 2 atom stereocenters. The summed E-state index contributed by atoms with van der Waals surface area (Å²) in [5.74, 6) is 0.616. The van der Waals surface area contributed by atoms with Gasteiger partial charge in [-0.1, -0.05) is 26.0 Å².